The van der Waals surface area contributed by atoms with Crippen LogP contribution in [-0.4, -0.2) is 20.9 Å². The number of phenols is 1. The lowest BCUT2D eigenvalue weighted by Gasteiger charge is -2.06. The maximum absolute atomic E-state index is 12.2. The van der Waals surface area contributed by atoms with E-state index in [9.17, 15) is 30.1 Å². The summed E-state index contributed by atoms with van der Waals surface area (Å²) in [5.74, 6) is -0.478. The van der Waals surface area contributed by atoms with Crippen molar-refractivity contribution in [2.24, 2.45) is 0 Å². The molecule has 0 aliphatic heterocycles. The van der Waals surface area contributed by atoms with Crippen molar-refractivity contribution < 1.29 is 28.9 Å². The average Bonchev–Trinajstić information content (AvgIpc) is 3.17. The molecule has 0 saturated heterocycles. The van der Waals surface area contributed by atoms with Crippen LogP contribution in [0.2, 0.25) is 0 Å². The highest BCUT2D eigenvalue weighted by Crippen LogP contribution is 2.28. The normalized spacial score (nSPS) is 10.3. The number of hydrogen-bond acceptors (Lipinski definition) is 8. The van der Waals surface area contributed by atoms with Crippen LogP contribution in [0.4, 0.5) is 17.1 Å². The molecule has 1 amide bonds. The number of anilines is 1. The Morgan fingerprint density at radius 3 is 2.31 bits per heavy atom. The van der Waals surface area contributed by atoms with Gasteiger partial charge in [-0.1, -0.05) is 0 Å². The maximum Gasteiger partial charge on any atom is 0.291 e. The largest absolute Gasteiger partial charge is 0.506 e. The van der Waals surface area contributed by atoms with Gasteiger partial charge in [-0.05, 0) is 30.3 Å². The molecular formula is C18H13N3O8. The zero-order valence-electron chi connectivity index (χ0n) is 14.6. The average molecular weight is 399 g/mol. The van der Waals surface area contributed by atoms with Crippen LogP contribution in [0, 0.1) is 20.2 Å². The van der Waals surface area contributed by atoms with Gasteiger partial charge in [0.05, 0.1) is 15.5 Å². The number of non-ortho nitro benzene ring substituents is 2. The van der Waals surface area contributed by atoms with Crippen molar-refractivity contribution in [3.63, 3.8) is 0 Å². The van der Waals surface area contributed by atoms with E-state index in [-0.39, 0.29) is 35.2 Å². The molecule has 0 aliphatic carbocycles. The Bertz CT molecular complexity index is 1070. The topological polar surface area (TPSA) is 158 Å². The highest BCUT2D eigenvalue weighted by Gasteiger charge is 2.16. The standard InChI is InChI=1S/C18H13N3O8/c22-16-7-3-12(21(26)27)9-15(16)19-18(23)17-8-6-14(29-17)10-28-13-4-1-11(2-5-13)20(24)25/h1-9,22H,10H2,(H,19,23). The minimum atomic E-state index is -0.720. The third kappa shape index (κ3) is 4.66. The van der Waals surface area contributed by atoms with Gasteiger partial charge in [-0.15, -0.1) is 0 Å². The van der Waals surface area contributed by atoms with Crippen molar-refractivity contribution in [3.05, 3.63) is 86.3 Å². The third-order valence-corrected chi connectivity index (χ3v) is 3.75. The van der Waals surface area contributed by atoms with E-state index in [1.165, 1.54) is 36.4 Å². The molecule has 0 radical (unpaired) electrons. The summed E-state index contributed by atoms with van der Waals surface area (Å²) in [6.45, 7) is -0.0346. The molecule has 2 N–H and O–H groups in total. The number of ether oxygens (including phenoxy) is 1. The molecular weight excluding hydrogens is 386 g/mol. The van der Waals surface area contributed by atoms with Gasteiger partial charge in [0, 0.05) is 24.3 Å². The molecule has 2 aromatic carbocycles. The number of carbonyl (C=O) groups is 1. The summed E-state index contributed by atoms with van der Waals surface area (Å²) in [5.41, 5.74) is -0.502. The minimum absolute atomic E-state index is 0.0346. The Balaban J connectivity index is 1.63. The lowest BCUT2D eigenvalue weighted by atomic mass is 10.2. The smallest absolute Gasteiger partial charge is 0.291 e. The van der Waals surface area contributed by atoms with Crippen molar-refractivity contribution in [1.29, 1.82) is 0 Å². The molecule has 3 rings (SSSR count). The van der Waals surface area contributed by atoms with Crippen LogP contribution in [0.15, 0.2) is 59.0 Å². The second kappa shape index (κ2) is 8.08. The van der Waals surface area contributed by atoms with Gasteiger partial charge < -0.3 is 19.6 Å². The van der Waals surface area contributed by atoms with Gasteiger partial charge >= 0.3 is 0 Å². The van der Waals surface area contributed by atoms with Crippen LogP contribution >= 0.6 is 0 Å². The summed E-state index contributed by atoms with van der Waals surface area (Å²) in [5, 5.41) is 33.5. The van der Waals surface area contributed by atoms with E-state index in [2.05, 4.69) is 5.32 Å². The van der Waals surface area contributed by atoms with E-state index in [1.807, 2.05) is 0 Å². The van der Waals surface area contributed by atoms with E-state index >= 15 is 0 Å². The fraction of sp³-hybridized carbons (Fsp3) is 0.0556. The molecule has 0 fully saturated rings. The lowest BCUT2D eigenvalue weighted by Crippen LogP contribution is -2.11. The number of benzene rings is 2. The predicted molar refractivity (Wildman–Crippen MR) is 98.9 cm³/mol. The van der Waals surface area contributed by atoms with E-state index < -0.39 is 15.8 Å². The second-order valence-corrected chi connectivity index (χ2v) is 5.72. The number of nitro groups is 2. The summed E-state index contributed by atoms with van der Waals surface area (Å²) in [4.78, 5) is 32.5. The van der Waals surface area contributed by atoms with Crippen LogP contribution in [0.25, 0.3) is 0 Å². The first-order chi connectivity index (χ1) is 13.8. The molecule has 0 bridgehead atoms. The van der Waals surface area contributed by atoms with Crippen molar-refractivity contribution in [1.82, 2.24) is 0 Å². The maximum atomic E-state index is 12.2. The molecule has 0 aliphatic rings. The van der Waals surface area contributed by atoms with Crippen LogP contribution in [0.3, 0.4) is 0 Å². The number of amides is 1. The molecule has 0 atom stereocenters. The van der Waals surface area contributed by atoms with Gasteiger partial charge in [0.2, 0.25) is 0 Å². The number of nitrogens with zero attached hydrogens (tertiary/aromatic N) is 2. The summed E-state index contributed by atoms with van der Waals surface area (Å²) >= 11 is 0. The van der Waals surface area contributed by atoms with Crippen molar-refractivity contribution >= 4 is 23.0 Å². The Morgan fingerprint density at radius 1 is 1.00 bits per heavy atom. The second-order valence-electron chi connectivity index (χ2n) is 5.72. The number of carbonyl (C=O) groups excluding carboxylic acids is 1. The summed E-state index contributed by atoms with van der Waals surface area (Å²) in [6.07, 6.45) is 0. The minimum Gasteiger partial charge on any atom is -0.506 e. The summed E-state index contributed by atoms with van der Waals surface area (Å²) < 4.78 is 10.8. The molecule has 11 nitrogen and oxygen atoms in total. The Labute approximate surface area is 162 Å². The molecule has 11 heteroatoms. The monoisotopic (exact) mass is 399 g/mol. The van der Waals surface area contributed by atoms with Crippen LogP contribution in [0.1, 0.15) is 16.3 Å². The van der Waals surface area contributed by atoms with E-state index in [0.717, 1.165) is 18.2 Å². The Hall–Kier alpha value is -4.41. The molecule has 3 aromatic rings. The van der Waals surface area contributed by atoms with E-state index in [1.54, 1.807) is 0 Å². The zero-order chi connectivity index (χ0) is 21.0. The van der Waals surface area contributed by atoms with Crippen molar-refractivity contribution in [3.8, 4) is 11.5 Å². The first-order valence-corrected chi connectivity index (χ1v) is 8.08. The van der Waals surface area contributed by atoms with Gasteiger partial charge in [-0.2, -0.15) is 0 Å². The third-order valence-electron chi connectivity index (χ3n) is 3.75. The molecule has 0 spiro atoms. The fourth-order valence-corrected chi connectivity index (χ4v) is 2.32. The number of nitrogens with one attached hydrogen (secondary N) is 1. The first kappa shape index (κ1) is 19.4. The molecule has 1 heterocycles. The summed E-state index contributed by atoms with van der Waals surface area (Å²) in [7, 11) is 0. The van der Waals surface area contributed by atoms with Gasteiger partial charge in [-0.25, -0.2) is 0 Å². The molecule has 29 heavy (non-hydrogen) atoms. The molecule has 1 aromatic heterocycles. The van der Waals surface area contributed by atoms with Gasteiger partial charge in [0.15, 0.2) is 5.76 Å². The quantitative estimate of drug-likeness (QED) is 0.346. The van der Waals surface area contributed by atoms with Crippen LogP contribution < -0.4 is 10.1 Å². The Kier molecular flexibility index (Phi) is 5.39. The number of phenolic OH excluding ortho intramolecular Hbond substituents is 1. The van der Waals surface area contributed by atoms with Gasteiger partial charge in [0.1, 0.15) is 23.9 Å². The highest BCUT2D eigenvalue weighted by atomic mass is 16.6. The van der Waals surface area contributed by atoms with E-state index in [4.69, 9.17) is 9.15 Å². The number of hydrogen-bond donors (Lipinski definition) is 2. The number of nitro benzene ring substituents is 2. The zero-order valence-corrected chi connectivity index (χ0v) is 14.6. The number of rotatable bonds is 7. The van der Waals surface area contributed by atoms with Crippen molar-refractivity contribution in [2.75, 3.05) is 5.32 Å². The van der Waals surface area contributed by atoms with Crippen molar-refractivity contribution in [2.45, 2.75) is 6.61 Å². The van der Waals surface area contributed by atoms with Gasteiger partial charge in [0.25, 0.3) is 17.3 Å². The number of furan rings is 1. The fourth-order valence-electron chi connectivity index (χ4n) is 2.32. The summed E-state index contributed by atoms with van der Waals surface area (Å²) in [6, 6.07) is 11.5. The lowest BCUT2D eigenvalue weighted by molar-refractivity contribution is -0.385. The molecule has 148 valence electrons. The van der Waals surface area contributed by atoms with Gasteiger partial charge in [-0.3, -0.25) is 25.0 Å². The molecule has 0 unspecified atom stereocenters. The molecule has 0 saturated carbocycles. The highest BCUT2D eigenvalue weighted by molar-refractivity contribution is 6.03. The Morgan fingerprint density at radius 2 is 1.66 bits per heavy atom. The van der Waals surface area contributed by atoms with Crippen LogP contribution in [-0.2, 0) is 6.61 Å². The first-order valence-electron chi connectivity index (χ1n) is 8.08. The SMILES string of the molecule is O=C(Nc1cc([N+](=O)[O-])ccc1O)c1ccc(COc2ccc([N+](=O)[O-])cc2)o1. The van der Waals surface area contributed by atoms with E-state index in [0.29, 0.717) is 11.5 Å². The predicted octanol–water partition coefficient (Wildman–Crippen LogP) is 3.63. The van der Waals surface area contributed by atoms with Crippen LogP contribution in [0.5, 0.6) is 11.5 Å². The number of aromatic hydroxyl groups is 1.